The molecule has 12 heteroatoms. The number of carbonyl (C=O) groups excluding carboxylic acids is 1. The standard InChI is InChI=1S/C25H26FN9O2/c26-19-2-4-35(15-19)24-17(11-27)9-18(12-30-24)22-1-3-29-25(33-22)32-21-10-20(13-28-14-21)31-23(36)16-34-5-7-37-8-6-34/h1,3,9-10,12-14,19H,2,4-8,15-16H2,(H,31,36)(H,29,32,33)/t19-/m0/s1. The molecule has 1 atom stereocenters. The van der Waals surface area contributed by atoms with E-state index in [1.165, 1.54) is 0 Å². The Kier molecular flexibility index (Phi) is 7.43. The van der Waals surface area contributed by atoms with Crippen LogP contribution in [0.2, 0.25) is 0 Å². The topological polar surface area (TPSA) is 132 Å². The number of carbonyl (C=O) groups is 1. The molecule has 5 rings (SSSR count). The number of aromatic nitrogens is 4. The Hall–Kier alpha value is -4.21. The summed E-state index contributed by atoms with van der Waals surface area (Å²) in [6.45, 7) is 3.77. The first-order valence-electron chi connectivity index (χ1n) is 12.0. The van der Waals surface area contributed by atoms with Crippen molar-refractivity contribution in [1.29, 1.82) is 5.26 Å². The van der Waals surface area contributed by atoms with Crippen molar-refractivity contribution in [2.75, 3.05) is 61.5 Å². The minimum absolute atomic E-state index is 0.126. The van der Waals surface area contributed by atoms with Crippen molar-refractivity contribution in [1.82, 2.24) is 24.8 Å². The van der Waals surface area contributed by atoms with E-state index in [1.807, 2.05) is 4.90 Å². The second kappa shape index (κ2) is 11.2. The molecule has 2 aliphatic heterocycles. The van der Waals surface area contributed by atoms with Gasteiger partial charge in [0, 0.05) is 37.6 Å². The van der Waals surface area contributed by atoms with E-state index in [9.17, 15) is 14.4 Å². The van der Waals surface area contributed by atoms with Crippen molar-refractivity contribution in [3.63, 3.8) is 0 Å². The molecule has 2 N–H and O–H groups in total. The Morgan fingerprint density at radius 2 is 2.00 bits per heavy atom. The fraction of sp³-hybridized carbons (Fsp3) is 0.360. The van der Waals surface area contributed by atoms with Crippen LogP contribution in [0.4, 0.5) is 27.5 Å². The zero-order valence-corrected chi connectivity index (χ0v) is 20.1. The summed E-state index contributed by atoms with van der Waals surface area (Å²) in [7, 11) is 0. The van der Waals surface area contributed by atoms with Crippen molar-refractivity contribution >= 4 is 29.0 Å². The lowest BCUT2D eigenvalue weighted by Crippen LogP contribution is -2.41. The number of alkyl halides is 1. The third kappa shape index (κ3) is 6.14. The molecular formula is C25H26FN9O2. The van der Waals surface area contributed by atoms with Gasteiger partial charge in [0.1, 0.15) is 18.1 Å². The molecule has 2 fully saturated rings. The Bertz CT molecular complexity index is 1310. The molecule has 0 saturated carbocycles. The fourth-order valence-electron chi connectivity index (χ4n) is 4.29. The van der Waals surface area contributed by atoms with E-state index in [-0.39, 0.29) is 19.0 Å². The van der Waals surface area contributed by atoms with E-state index < -0.39 is 6.17 Å². The lowest BCUT2D eigenvalue weighted by molar-refractivity contribution is -0.118. The van der Waals surface area contributed by atoms with Crippen LogP contribution in [0.1, 0.15) is 12.0 Å². The van der Waals surface area contributed by atoms with E-state index in [4.69, 9.17) is 4.74 Å². The monoisotopic (exact) mass is 503 g/mol. The summed E-state index contributed by atoms with van der Waals surface area (Å²) in [5, 5.41) is 15.6. The van der Waals surface area contributed by atoms with Crippen LogP contribution in [0, 0.1) is 11.3 Å². The largest absolute Gasteiger partial charge is 0.379 e. The van der Waals surface area contributed by atoms with Gasteiger partial charge in [0.15, 0.2) is 0 Å². The third-order valence-electron chi connectivity index (χ3n) is 6.12. The zero-order valence-electron chi connectivity index (χ0n) is 20.1. The minimum Gasteiger partial charge on any atom is -0.379 e. The highest BCUT2D eigenvalue weighted by Gasteiger charge is 2.25. The first kappa shape index (κ1) is 24.5. The molecule has 0 aromatic carbocycles. The molecule has 5 heterocycles. The number of halogens is 1. The van der Waals surface area contributed by atoms with E-state index in [2.05, 4.69) is 36.6 Å². The lowest BCUT2D eigenvalue weighted by Gasteiger charge is -2.25. The number of hydrogen-bond donors (Lipinski definition) is 2. The van der Waals surface area contributed by atoms with Crippen LogP contribution in [0.15, 0.2) is 43.0 Å². The zero-order chi connectivity index (χ0) is 25.6. The SMILES string of the molecule is N#Cc1cc(-c2ccnc(Nc3cncc(NC(=O)CN4CCOCC4)c3)n2)cnc1N1CC[C@H](F)C1. The first-order valence-corrected chi connectivity index (χ1v) is 12.0. The first-order chi connectivity index (χ1) is 18.1. The number of rotatable bonds is 7. The number of nitrogens with one attached hydrogen (secondary N) is 2. The molecule has 0 aliphatic carbocycles. The molecule has 3 aromatic rings. The maximum Gasteiger partial charge on any atom is 0.238 e. The molecule has 37 heavy (non-hydrogen) atoms. The van der Waals surface area contributed by atoms with Gasteiger partial charge in [-0.2, -0.15) is 5.26 Å². The van der Waals surface area contributed by atoms with E-state index >= 15 is 0 Å². The van der Waals surface area contributed by atoms with E-state index in [0.29, 0.717) is 66.1 Å². The summed E-state index contributed by atoms with van der Waals surface area (Å²) in [5.74, 6) is 0.676. The summed E-state index contributed by atoms with van der Waals surface area (Å²) in [5.41, 5.74) is 2.73. The number of hydrogen-bond acceptors (Lipinski definition) is 10. The van der Waals surface area contributed by atoms with Crippen LogP contribution in [-0.2, 0) is 9.53 Å². The minimum atomic E-state index is -0.908. The molecule has 0 spiro atoms. The number of anilines is 4. The van der Waals surface area contributed by atoms with Crippen LogP contribution in [0.5, 0.6) is 0 Å². The van der Waals surface area contributed by atoms with Gasteiger partial charge in [-0.05, 0) is 24.6 Å². The van der Waals surface area contributed by atoms with Gasteiger partial charge in [0.05, 0.1) is 61.3 Å². The van der Waals surface area contributed by atoms with Crippen molar-refractivity contribution in [2.24, 2.45) is 0 Å². The van der Waals surface area contributed by atoms with Gasteiger partial charge in [-0.15, -0.1) is 0 Å². The van der Waals surface area contributed by atoms with Crippen molar-refractivity contribution in [3.8, 4) is 17.3 Å². The second-order valence-electron chi connectivity index (χ2n) is 8.83. The van der Waals surface area contributed by atoms with Crippen LogP contribution in [0.3, 0.4) is 0 Å². The molecule has 2 saturated heterocycles. The van der Waals surface area contributed by atoms with Gasteiger partial charge >= 0.3 is 0 Å². The summed E-state index contributed by atoms with van der Waals surface area (Å²) in [4.78, 5) is 33.7. The second-order valence-corrected chi connectivity index (χ2v) is 8.83. The average molecular weight is 504 g/mol. The fourth-order valence-corrected chi connectivity index (χ4v) is 4.29. The maximum atomic E-state index is 13.6. The van der Waals surface area contributed by atoms with Gasteiger partial charge in [0.2, 0.25) is 11.9 Å². The summed E-state index contributed by atoms with van der Waals surface area (Å²) in [6.07, 6.45) is 5.92. The Labute approximate surface area is 213 Å². The molecule has 2 aliphatic rings. The molecule has 0 bridgehead atoms. The average Bonchev–Trinajstić information content (AvgIpc) is 3.35. The number of morpholine rings is 1. The van der Waals surface area contributed by atoms with E-state index in [1.54, 1.807) is 47.9 Å². The number of pyridine rings is 2. The van der Waals surface area contributed by atoms with Gasteiger partial charge in [-0.3, -0.25) is 14.7 Å². The van der Waals surface area contributed by atoms with E-state index in [0.717, 1.165) is 13.1 Å². The Morgan fingerprint density at radius 1 is 1.16 bits per heavy atom. The quantitative estimate of drug-likeness (QED) is 0.495. The lowest BCUT2D eigenvalue weighted by atomic mass is 10.1. The van der Waals surface area contributed by atoms with Crippen LogP contribution in [0.25, 0.3) is 11.3 Å². The Balaban J connectivity index is 1.27. The molecular weight excluding hydrogens is 477 g/mol. The predicted molar refractivity (Wildman–Crippen MR) is 135 cm³/mol. The summed E-state index contributed by atoms with van der Waals surface area (Å²) < 4.78 is 19.0. The number of nitrogens with zero attached hydrogens (tertiary/aromatic N) is 7. The van der Waals surface area contributed by atoms with Crippen molar-refractivity contribution in [3.05, 3.63) is 48.5 Å². The van der Waals surface area contributed by atoms with Crippen molar-refractivity contribution < 1.29 is 13.9 Å². The molecule has 0 radical (unpaired) electrons. The number of amides is 1. The van der Waals surface area contributed by atoms with Gasteiger partial charge in [-0.25, -0.2) is 19.3 Å². The van der Waals surface area contributed by atoms with Crippen LogP contribution >= 0.6 is 0 Å². The third-order valence-corrected chi connectivity index (χ3v) is 6.12. The number of ether oxygens (including phenoxy) is 1. The highest BCUT2D eigenvalue weighted by Crippen LogP contribution is 2.27. The molecule has 3 aromatic heterocycles. The smallest absolute Gasteiger partial charge is 0.238 e. The van der Waals surface area contributed by atoms with Crippen LogP contribution in [-0.4, -0.2) is 82.9 Å². The molecule has 0 unspecified atom stereocenters. The molecule has 11 nitrogen and oxygen atoms in total. The van der Waals surface area contributed by atoms with Gasteiger partial charge < -0.3 is 20.3 Å². The van der Waals surface area contributed by atoms with Crippen molar-refractivity contribution in [2.45, 2.75) is 12.6 Å². The Morgan fingerprint density at radius 3 is 2.78 bits per heavy atom. The van der Waals surface area contributed by atoms with Gasteiger partial charge in [0.25, 0.3) is 0 Å². The highest BCUT2D eigenvalue weighted by atomic mass is 19.1. The number of nitriles is 1. The summed E-state index contributed by atoms with van der Waals surface area (Å²) >= 11 is 0. The van der Waals surface area contributed by atoms with Gasteiger partial charge in [-0.1, -0.05) is 0 Å². The molecule has 1 amide bonds. The predicted octanol–water partition coefficient (Wildman–Crippen LogP) is 2.37. The maximum absolute atomic E-state index is 13.6. The molecule has 190 valence electrons. The summed E-state index contributed by atoms with van der Waals surface area (Å²) in [6, 6.07) is 7.33. The van der Waals surface area contributed by atoms with Crippen LogP contribution < -0.4 is 15.5 Å². The normalized spacial score (nSPS) is 17.8. The highest BCUT2D eigenvalue weighted by molar-refractivity contribution is 5.92.